The van der Waals surface area contributed by atoms with Crippen LogP contribution in [-0.4, -0.2) is 4.98 Å². The van der Waals surface area contributed by atoms with E-state index in [1.807, 2.05) is 30.3 Å². The molecule has 0 amide bonds. The molecule has 0 saturated heterocycles. The molecule has 5 heteroatoms. The van der Waals surface area contributed by atoms with E-state index in [2.05, 4.69) is 27.0 Å². The molecular formula is C16H10BrCl2NO. The van der Waals surface area contributed by atoms with Crippen molar-refractivity contribution in [2.24, 2.45) is 0 Å². The minimum atomic E-state index is 0.245. The van der Waals surface area contributed by atoms with Gasteiger partial charge >= 0.3 is 0 Å². The third-order valence-electron chi connectivity index (χ3n) is 3.06. The first kappa shape index (κ1) is 14.6. The fourth-order valence-corrected chi connectivity index (χ4v) is 3.04. The van der Waals surface area contributed by atoms with Crippen molar-refractivity contribution >= 4 is 49.9 Å². The Balaban J connectivity index is 2.00. The van der Waals surface area contributed by atoms with Gasteiger partial charge in [0, 0.05) is 6.07 Å². The first-order chi connectivity index (χ1) is 10.2. The lowest BCUT2D eigenvalue weighted by molar-refractivity contribution is 0.459. The van der Waals surface area contributed by atoms with Gasteiger partial charge in [-0.2, -0.15) is 0 Å². The molecule has 0 radical (unpaired) electrons. The largest absolute Gasteiger partial charge is 0.438 e. The molecule has 0 unspecified atom stereocenters. The maximum absolute atomic E-state index is 6.00. The molecule has 0 aliphatic carbocycles. The molecule has 1 aromatic heterocycles. The van der Waals surface area contributed by atoms with Crippen molar-refractivity contribution in [1.29, 1.82) is 0 Å². The van der Waals surface area contributed by atoms with Crippen molar-refractivity contribution in [1.82, 2.24) is 4.98 Å². The second-order valence-electron chi connectivity index (χ2n) is 4.41. The number of nitrogens with zero attached hydrogens (tertiary/aromatic N) is 1. The minimum absolute atomic E-state index is 0.245. The Morgan fingerprint density at radius 2 is 1.86 bits per heavy atom. The molecule has 0 bridgehead atoms. The number of alkyl halides is 1. The van der Waals surface area contributed by atoms with Crippen LogP contribution in [0.15, 0.2) is 53.0 Å². The summed E-state index contributed by atoms with van der Waals surface area (Å²) < 4.78 is 6.73. The van der Waals surface area contributed by atoms with Crippen LogP contribution in [-0.2, 0) is 5.88 Å². The molecule has 106 valence electrons. The van der Waals surface area contributed by atoms with Gasteiger partial charge in [-0.1, -0.05) is 41.9 Å². The second-order valence-corrected chi connectivity index (χ2v) is 5.88. The zero-order valence-corrected chi connectivity index (χ0v) is 13.9. The van der Waals surface area contributed by atoms with E-state index in [-0.39, 0.29) is 5.88 Å². The van der Waals surface area contributed by atoms with E-state index < -0.39 is 0 Å². The third kappa shape index (κ3) is 3.00. The van der Waals surface area contributed by atoms with Crippen LogP contribution in [0.2, 0.25) is 5.02 Å². The highest BCUT2D eigenvalue weighted by atomic mass is 79.9. The van der Waals surface area contributed by atoms with E-state index in [0.29, 0.717) is 22.3 Å². The summed E-state index contributed by atoms with van der Waals surface area (Å²) in [7, 11) is 0. The quantitative estimate of drug-likeness (QED) is 0.504. The van der Waals surface area contributed by atoms with Gasteiger partial charge in [-0.25, -0.2) is 4.98 Å². The molecule has 0 N–H and O–H groups in total. The standard InChI is InChI=1S/C16H10BrCl2NO/c17-16-11-4-2-1-3-10(11)5-7-14(16)21-15-8-6-12(19)13(9-18)20-15/h1-8H,9H2. The van der Waals surface area contributed by atoms with Gasteiger partial charge in [0.1, 0.15) is 5.75 Å². The summed E-state index contributed by atoms with van der Waals surface area (Å²) in [5.41, 5.74) is 0.604. The molecule has 1 heterocycles. The Bertz CT molecular complexity index is 807. The summed E-state index contributed by atoms with van der Waals surface area (Å²) in [6, 6.07) is 15.4. The Hall–Kier alpha value is -1.29. The second kappa shape index (κ2) is 6.22. The molecule has 0 fully saturated rings. The number of hydrogen-bond acceptors (Lipinski definition) is 2. The summed E-state index contributed by atoms with van der Waals surface area (Å²) in [5.74, 6) is 1.41. The molecule has 2 aromatic carbocycles. The first-order valence-electron chi connectivity index (χ1n) is 6.25. The minimum Gasteiger partial charge on any atom is -0.438 e. The molecule has 21 heavy (non-hydrogen) atoms. The van der Waals surface area contributed by atoms with E-state index in [1.165, 1.54) is 0 Å². The molecule has 0 aliphatic rings. The van der Waals surface area contributed by atoms with Crippen molar-refractivity contribution in [2.45, 2.75) is 5.88 Å². The number of benzene rings is 2. The zero-order valence-electron chi connectivity index (χ0n) is 10.8. The highest BCUT2D eigenvalue weighted by Gasteiger charge is 2.09. The summed E-state index contributed by atoms with van der Waals surface area (Å²) >= 11 is 15.4. The SMILES string of the molecule is ClCc1nc(Oc2ccc3ccccc3c2Br)ccc1Cl. The number of fused-ring (bicyclic) bond motifs is 1. The number of halogens is 3. The van der Waals surface area contributed by atoms with Gasteiger partial charge in [-0.05, 0) is 38.8 Å². The van der Waals surface area contributed by atoms with Gasteiger partial charge < -0.3 is 4.74 Å². The predicted molar refractivity (Wildman–Crippen MR) is 90.5 cm³/mol. The number of rotatable bonds is 3. The average molecular weight is 383 g/mol. The van der Waals surface area contributed by atoms with E-state index >= 15 is 0 Å². The fraction of sp³-hybridized carbons (Fsp3) is 0.0625. The summed E-state index contributed by atoms with van der Waals surface area (Å²) in [6.07, 6.45) is 0. The van der Waals surface area contributed by atoms with Gasteiger partial charge in [0.25, 0.3) is 0 Å². The van der Waals surface area contributed by atoms with E-state index in [1.54, 1.807) is 12.1 Å². The third-order valence-corrected chi connectivity index (χ3v) is 4.48. The molecule has 3 rings (SSSR count). The summed E-state index contributed by atoms with van der Waals surface area (Å²) in [6.45, 7) is 0. The highest BCUT2D eigenvalue weighted by Crippen LogP contribution is 2.35. The van der Waals surface area contributed by atoms with Crippen molar-refractivity contribution in [2.75, 3.05) is 0 Å². The summed E-state index contributed by atoms with van der Waals surface area (Å²) in [5, 5.41) is 2.76. The van der Waals surface area contributed by atoms with Gasteiger partial charge in [0.05, 0.1) is 21.1 Å². The lowest BCUT2D eigenvalue weighted by atomic mass is 10.1. The number of ether oxygens (including phenoxy) is 1. The van der Waals surface area contributed by atoms with Crippen LogP contribution in [0.1, 0.15) is 5.69 Å². The molecule has 0 saturated carbocycles. The van der Waals surface area contributed by atoms with Crippen molar-refractivity contribution < 1.29 is 4.74 Å². The predicted octanol–water partition coefficient (Wildman–Crippen LogP) is 6.18. The van der Waals surface area contributed by atoms with E-state index in [0.717, 1.165) is 15.2 Å². The fourth-order valence-electron chi connectivity index (χ4n) is 2.02. The number of hydrogen-bond donors (Lipinski definition) is 0. The number of pyridine rings is 1. The van der Waals surface area contributed by atoms with Crippen molar-refractivity contribution in [3.05, 3.63) is 63.7 Å². The van der Waals surface area contributed by atoms with E-state index in [4.69, 9.17) is 27.9 Å². The first-order valence-corrected chi connectivity index (χ1v) is 7.96. The average Bonchev–Trinajstić information content (AvgIpc) is 2.52. The highest BCUT2D eigenvalue weighted by molar-refractivity contribution is 9.10. The molecule has 0 aliphatic heterocycles. The molecule has 0 atom stereocenters. The van der Waals surface area contributed by atoms with Crippen molar-refractivity contribution in [3.63, 3.8) is 0 Å². The molecular weight excluding hydrogens is 373 g/mol. The van der Waals surface area contributed by atoms with Gasteiger partial charge in [0.15, 0.2) is 0 Å². The van der Waals surface area contributed by atoms with Crippen LogP contribution < -0.4 is 4.74 Å². The lowest BCUT2D eigenvalue weighted by Gasteiger charge is -2.10. The maximum Gasteiger partial charge on any atom is 0.219 e. The van der Waals surface area contributed by atoms with Gasteiger partial charge in [-0.3, -0.25) is 0 Å². The topological polar surface area (TPSA) is 22.1 Å². The van der Waals surface area contributed by atoms with E-state index in [9.17, 15) is 0 Å². The monoisotopic (exact) mass is 381 g/mol. The number of aromatic nitrogens is 1. The van der Waals surface area contributed by atoms with Crippen LogP contribution in [0.4, 0.5) is 0 Å². The Morgan fingerprint density at radius 1 is 1.05 bits per heavy atom. The zero-order chi connectivity index (χ0) is 14.8. The Morgan fingerprint density at radius 3 is 2.67 bits per heavy atom. The van der Waals surface area contributed by atoms with Crippen LogP contribution in [0.25, 0.3) is 10.8 Å². The molecule has 3 aromatic rings. The van der Waals surface area contributed by atoms with Crippen LogP contribution >= 0.6 is 39.1 Å². The van der Waals surface area contributed by atoms with Crippen molar-refractivity contribution in [3.8, 4) is 11.6 Å². The Labute approximate surface area is 140 Å². The Kier molecular flexibility index (Phi) is 4.34. The maximum atomic E-state index is 6.00. The van der Waals surface area contributed by atoms with Crippen LogP contribution in [0.3, 0.4) is 0 Å². The molecule has 0 spiro atoms. The van der Waals surface area contributed by atoms with Crippen LogP contribution in [0.5, 0.6) is 11.6 Å². The molecule has 2 nitrogen and oxygen atoms in total. The smallest absolute Gasteiger partial charge is 0.219 e. The van der Waals surface area contributed by atoms with Crippen LogP contribution in [0, 0.1) is 0 Å². The normalized spacial score (nSPS) is 10.8. The van der Waals surface area contributed by atoms with Gasteiger partial charge in [-0.15, -0.1) is 11.6 Å². The van der Waals surface area contributed by atoms with Gasteiger partial charge in [0.2, 0.25) is 5.88 Å². The summed E-state index contributed by atoms with van der Waals surface area (Å²) in [4.78, 5) is 4.30. The lowest BCUT2D eigenvalue weighted by Crippen LogP contribution is -1.93.